The summed E-state index contributed by atoms with van der Waals surface area (Å²) in [6.07, 6.45) is 8.96. The number of carboxylic acids is 1. The lowest BCUT2D eigenvalue weighted by Crippen LogP contribution is -2.54. The molecular weight excluding hydrogens is 402 g/mol. The summed E-state index contributed by atoms with van der Waals surface area (Å²) in [5, 5.41) is 20.1. The van der Waals surface area contributed by atoms with Gasteiger partial charge in [-0.1, -0.05) is 19.4 Å². The first-order chi connectivity index (χ1) is 14.8. The van der Waals surface area contributed by atoms with Crippen LogP contribution < -0.4 is 0 Å². The Balaban J connectivity index is 1.60. The second-order valence-electron chi connectivity index (χ2n) is 12.3. The molecule has 0 aromatic carbocycles. The lowest BCUT2D eigenvalue weighted by atomic mass is 9.46. The van der Waals surface area contributed by atoms with Crippen molar-refractivity contribution in [2.24, 2.45) is 34.5 Å². The predicted molar refractivity (Wildman–Crippen MR) is 125 cm³/mol. The molecule has 0 aromatic rings. The van der Waals surface area contributed by atoms with Gasteiger partial charge < -0.3 is 15.1 Å². The van der Waals surface area contributed by atoms with Gasteiger partial charge in [-0.15, -0.1) is 0 Å². The van der Waals surface area contributed by atoms with Crippen LogP contribution in [-0.2, 0) is 9.59 Å². The van der Waals surface area contributed by atoms with Gasteiger partial charge in [-0.05, 0) is 114 Å². The monoisotopic (exact) mass is 445 g/mol. The summed E-state index contributed by atoms with van der Waals surface area (Å²) in [5.74, 6) is 1.03. The molecule has 5 nitrogen and oxygen atoms in total. The van der Waals surface area contributed by atoms with Crippen molar-refractivity contribution in [3.05, 3.63) is 11.6 Å². The highest BCUT2D eigenvalue weighted by atomic mass is 16.4. The molecule has 0 saturated heterocycles. The molecule has 4 aliphatic rings. The number of allylic oxidation sites excluding steroid dienone is 1. The van der Waals surface area contributed by atoms with Crippen LogP contribution in [0.2, 0.25) is 0 Å². The average molecular weight is 446 g/mol. The molecule has 0 bridgehead atoms. The Morgan fingerprint density at radius 3 is 2.22 bits per heavy atom. The first-order valence-electron chi connectivity index (χ1n) is 12.9. The van der Waals surface area contributed by atoms with Crippen LogP contribution in [0.4, 0.5) is 0 Å². The van der Waals surface area contributed by atoms with Crippen molar-refractivity contribution in [2.75, 3.05) is 0 Å². The first-order valence-corrected chi connectivity index (χ1v) is 12.9. The first kappa shape index (κ1) is 23.8. The van der Waals surface area contributed by atoms with Crippen LogP contribution in [0.1, 0.15) is 92.9 Å². The lowest BCUT2D eigenvalue weighted by molar-refractivity contribution is -0.156. The number of fused-ring (bicyclic) bond motifs is 5. The van der Waals surface area contributed by atoms with Crippen LogP contribution >= 0.6 is 0 Å². The molecule has 1 amide bonds. The molecule has 4 aliphatic carbocycles. The molecule has 0 radical (unpaired) electrons. The van der Waals surface area contributed by atoms with Crippen LogP contribution in [0, 0.1) is 34.5 Å². The molecule has 7 atom stereocenters. The fraction of sp³-hybridized carbons (Fsp3) is 0.852. The highest BCUT2D eigenvalue weighted by Crippen LogP contribution is 2.67. The van der Waals surface area contributed by atoms with Crippen molar-refractivity contribution in [3.8, 4) is 0 Å². The van der Waals surface area contributed by atoms with E-state index in [9.17, 15) is 19.8 Å². The Kier molecular flexibility index (Phi) is 5.84. The number of carbonyl (C=O) groups excluding carboxylic acids is 1. The molecule has 0 heterocycles. The van der Waals surface area contributed by atoms with E-state index in [4.69, 9.17) is 0 Å². The maximum Gasteiger partial charge on any atom is 0.339 e. The smallest absolute Gasteiger partial charge is 0.339 e. The molecule has 3 saturated carbocycles. The number of amides is 1. The molecule has 32 heavy (non-hydrogen) atoms. The molecule has 0 aliphatic heterocycles. The van der Waals surface area contributed by atoms with E-state index in [-0.39, 0.29) is 28.8 Å². The molecular formula is C27H43NO4. The zero-order chi connectivity index (χ0) is 23.6. The summed E-state index contributed by atoms with van der Waals surface area (Å²) in [7, 11) is 0. The van der Waals surface area contributed by atoms with Crippen LogP contribution in [0.3, 0.4) is 0 Å². The van der Waals surface area contributed by atoms with E-state index >= 15 is 0 Å². The van der Waals surface area contributed by atoms with Gasteiger partial charge in [-0.25, -0.2) is 4.79 Å². The summed E-state index contributed by atoms with van der Waals surface area (Å²) >= 11 is 0. The largest absolute Gasteiger partial charge is 0.479 e. The standard InChI is InChI=1S/C27H43NO4/c1-16(2)28(17(3)4)23(29)22-10-9-20-19-8-7-18-15-27(32,24(30)31)14-13-25(18,5)21(19)11-12-26(20,22)6/h15-17,19-22,32H,7-14H2,1-6H3,(H,30,31)/t19-,20-,21-,22+,25-,26-,27+/m0/s1. The number of hydrogen-bond acceptors (Lipinski definition) is 3. The van der Waals surface area contributed by atoms with Gasteiger partial charge >= 0.3 is 5.97 Å². The van der Waals surface area contributed by atoms with Gasteiger partial charge in [0.05, 0.1) is 0 Å². The highest BCUT2D eigenvalue weighted by molar-refractivity contribution is 5.81. The fourth-order valence-electron chi connectivity index (χ4n) is 8.58. The quantitative estimate of drug-likeness (QED) is 0.595. The SMILES string of the molecule is CC(C)N(C(=O)[C@H]1CC[C@H]2[C@@H]3CCC4=C[C@@](O)(C(=O)O)CC[C@]4(C)[C@H]3CC[C@]12C)C(C)C. The third-order valence-corrected chi connectivity index (χ3v) is 10.2. The Morgan fingerprint density at radius 2 is 1.62 bits per heavy atom. The maximum atomic E-state index is 13.7. The van der Waals surface area contributed by atoms with Gasteiger partial charge in [0.2, 0.25) is 5.91 Å². The Hall–Kier alpha value is -1.36. The van der Waals surface area contributed by atoms with Crippen molar-refractivity contribution >= 4 is 11.9 Å². The summed E-state index contributed by atoms with van der Waals surface area (Å²) in [6.45, 7) is 13.2. The van der Waals surface area contributed by atoms with Gasteiger partial charge in [0.1, 0.15) is 0 Å². The Labute approximate surface area is 193 Å². The number of carboxylic acid groups (broad SMARTS) is 1. The number of nitrogens with zero attached hydrogens (tertiary/aromatic N) is 1. The van der Waals surface area contributed by atoms with Crippen molar-refractivity contribution in [3.63, 3.8) is 0 Å². The Bertz CT molecular complexity index is 810. The number of hydrogen-bond donors (Lipinski definition) is 2. The van der Waals surface area contributed by atoms with Crippen LogP contribution in [-0.4, -0.2) is 44.7 Å². The van der Waals surface area contributed by atoms with E-state index in [1.807, 2.05) is 0 Å². The third-order valence-electron chi connectivity index (χ3n) is 10.2. The van der Waals surface area contributed by atoms with Gasteiger partial charge in [-0.2, -0.15) is 0 Å². The van der Waals surface area contributed by atoms with Gasteiger partial charge in [0.25, 0.3) is 0 Å². The van der Waals surface area contributed by atoms with Crippen molar-refractivity contribution in [1.29, 1.82) is 0 Å². The molecule has 3 fully saturated rings. The average Bonchev–Trinajstić information content (AvgIpc) is 3.05. The van der Waals surface area contributed by atoms with E-state index in [0.717, 1.165) is 50.5 Å². The minimum Gasteiger partial charge on any atom is -0.479 e. The van der Waals surface area contributed by atoms with Crippen molar-refractivity contribution in [1.82, 2.24) is 4.90 Å². The van der Waals surface area contributed by atoms with E-state index < -0.39 is 11.6 Å². The van der Waals surface area contributed by atoms with Gasteiger partial charge in [-0.3, -0.25) is 4.79 Å². The van der Waals surface area contributed by atoms with Gasteiger partial charge in [0, 0.05) is 18.0 Å². The van der Waals surface area contributed by atoms with E-state index in [2.05, 4.69) is 46.4 Å². The Morgan fingerprint density at radius 1 is 0.969 bits per heavy atom. The second-order valence-corrected chi connectivity index (χ2v) is 12.3. The number of aliphatic carboxylic acids is 1. The second kappa shape index (κ2) is 7.85. The summed E-state index contributed by atoms with van der Waals surface area (Å²) < 4.78 is 0. The molecule has 2 N–H and O–H groups in total. The molecule has 0 aromatic heterocycles. The zero-order valence-electron chi connectivity index (χ0n) is 20.9. The fourth-order valence-corrected chi connectivity index (χ4v) is 8.58. The van der Waals surface area contributed by atoms with Crippen LogP contribution in [0.25, 0.3) is 0 Å². The topological polar surface area (TPSA) is 77.8 Å². The summed E-state index contributed by atoms with van der Waals surface area (Å²) in [5.41, 5.74) is -0.494. The van der Waals surface area contributed by atoms with Gasteiger partial charge in [0.15, 0.2) is 5.60 Å². The van der Waals surface area contributed by atoms with E-state index in [1.165, 1.54) is 0 Å². The zero-order valence-corrected chi connectivity index (χ0v) is 20.9. The molecule has 0 unspecified atom stereocenters. The van der Waals surface area contributed by atoms with Crippen LogP contribution in [0.5, 0.6) is 0 Å². The summed E-state index contributed by atoms with van der Waals surface area (Å²) in [4.78, 5) is 27.5. The van der Waals surface area contributed by atoms with Crippen LogP contribution in [0.15, 0.2) is 11.6 Å². The molecule has 180 valence electrons. The predicted octanol–water partition coefficient (Wildman–Crippen LogP) is 5.03. The van der Waals surface area contributed by atoms with E-state index in [1.54, 1.807) is 6.08 Å². The third kappa shape index (κ3) is 3.36. The molecule has 0 spiro atoms. The molecule has 5 heteroatoms. The number of aliphatic hydroxyl groups is 1. The van der Waals surface area contributed by atoms with Crippen molar-refractivity contribution < 1.29 is 19.8 Å². The minimum atomic E-state index is -1.70. The molecule has 4 rings (SSSR count). The normalized spacial score (nSPS) is 43.3. The van der Waals surface area contributed by atoms with E-state index in [0.29, 0.717) is 30.1 Å². The lowest BCUT2D eigenvalue weighted by Gasteiger charge is -2.59. The maximum absolute atomic E-state index is 13.7. The number of carbonyl (C=O) groups is 2. The number of rotatable bonds is 4. The minimum absolute atomic E-state index is 0.0179. The highest BCUT2D eigenvalue weighted by Gasteiger charge is 2.61. The summed E-state index contributed by atoms with van der Waals surface area (Å²) in [6, 6.07) is 0.441. The van der Waals surface area contributed by atoms with Crippen molar-refractivity contribution in [2.45, 2.75) is 111 Å².